The molecule has 0 spiro atoms. The Bertz CT molecular complexity index is 442. The summed E-state index contributed by atoms with van der Waals surface area (Å²) in [7, 11) is -0.995. The largest absolute Gasteiger partial charge is 0.330 e. The summed E-state index contributed by atoms with van der Waals surface area (Å²) in [4.78, 5) is 6.39. The van der Waals surface area contributed by atoms with E-state index in [-0.39, 0.29) is 5.75 Å². The molecule has 0 aliphatic carbocycles. The zero-order valence-electron chi connectivity index (χ0n) is 10.2. The van der Waals surface area contributed by atoms with Gasteiger partial charge in [0.25, 0.3) is 0 Å². The van der Waals surface area contributed by atoms with Crippen LogP contribution in [0.25, 0.3) is 0 Å². The van der Waals surface area contributed by atoms with Crippen molar-refractivity contribution in [2.45, 2.75) is 13.0 Å². The van der Waals surface area contributed by atoms with Crippen LogP contribution in [0.2, 0.25) is 0 Å². The van der Waals surface area contributed by atoms with E-state index < -0.39 is 9.84 Å². The molecule has 5 nitrogen and oxygen atoms in total. The number of hydrogen-bond acceptors (Lipinski definition) is 6. The Balaban J connectivity index is 2.42. The number of aromatic nitrogens is 1. The molecule has 1 rings (SSSR count). The van der Waals surface area contributed by atoms with Crippen LogP contribution in [-0.2, 0) is 22.8 Å². The summed E-state index contributed by atoms with van der Waals surface area (Å²) < 4.78 is 22.0. The molecule has 0 radical (unpaired) electrons. The van der Waals surface area contributed by atoms with Crippen molar-refractivity contribution >= 4 is 21.2 Å². The van der Waals surface area contributed by atoms with Gasteiger partial charge in [0.05, 0.1) is 16.5 Å². The second kappa shape index (κ2) is 6.44. The predicted molar refractivity (Wildman–Crippen MR) is 70.9 cm³/mol. The third kappa shape index (κ3) is 6.11. The van der Waals surface area contributed by atoms with Gasteiger partial charge in [0.2, 0.25) is 0 Å². The summed E-state index contributed by atoms with van der Waals surface area (Å²) in [6.07, 6.45) is 2.06. The molecule has 0 saturated heterocycles. The van der Waals surface area contributed by atoms with Gasteiger partial charge in [-0.3, -0.25) is 4.90 Å². The van der Waals surface area contributed by atoms with Gasteiger partial charge in [-0.25, -0.2) is 13.4 Å². The van der Waals surface area contributed by atoms with E-state index in [0.29, 0.717) is 19.6 Å². The van der Waals surface area contributed by atoms with Crippen molar-refractivity contribution in [1.29, 1.82) is 0 Å². The maximum atomic E-state index is 11.0. The monoisotopic (exact) mass is 277 g/mol. The lowest BCUT2D eigenvalue weighted by atomic mass is 10.4. The first-order valence-corrected chi connectivity index (χ1v) is 8.34. The Morgan fingerprint density at radius 3 is 2.82 bits per heavy atom. The summed E-state index contributed by atoms with van der Waals surface area (Å²) in [5, 5.41) is 3.04. The predicted octanol–water partition coefficient (Wildman–Crippen LogP) is 0.121. The summed E-state index contributed by atoms with van der Waals surface area (Å²) >= 11 is 1.60. The zero-order valence-corrected chi connectivity index (χ0v) is 11.9. The molecular formula is C10H19N3O2S2. The summed E-state index contributed by atoms with van der Waals surface area (Å²) in [6.45, 7) is 1.82. The van der Waals surface area contributed by atoms with Crippen LogP contribution in [0, 0.1) is 0 Å². The van der Waals surface area contributed by atoms with Gasteiger partial charge in [0, 0.05) is 31.1 Å². The van der Waals surface area contributed by atoms with E-state index >= 15 is 0 Å². The topological polar surface area (TPSA) is 76.3 Å². The van der Waals surface area contributed by atoms with Crippen molar-refractivity contribution in [3.63, 3.8) is 0 Å². The van der Waals surface area contributed by atoms with E-state index in [9.17, 15) is 8.42 Å². The second-order valence-corrected chi connectivity index (χ2v) is 7.34. The van der Waals surface area contributed by atoms with E-state index in [1.54, 1.807) is 11.3 Å². The third-order valence-electron chi connectivity index (χ3n) is 2.23. The molecule has 0 unspecified atom stereocenters. The molecule has 1 aromatic rings. The molecule has 0 amide bonds. The van der Waals surface area contributed by atoms with Crippen LogP contribution in [0.1, 0.15) is 10.7 Å². The van der Waals surface area contributed by atoms with Crippen molar-refractivity contribution in [1.82, 2.24) is 9.88 Å². The first-order valence-electron chi connectivity index (χ1n) is 5.40. The molecule has 0 aliphatic rings. The molecule has 98 valence electrons. The Hall–Kier alpha value is -0.500. The number of sulfone groups is 1. The van der Waals surface area contributed by atoms with Crippen LogP contribution in [0.15, 0.2) is 5.38 Å². The quantitative estimate of drug-likeness (QED) is 0.766. The Morgan fingerprint density at radius 1 is 1.53 bits per heavy atom. The number of thiazole rings is 1. The normalized spacial score (nSPS) is 12.2. The minimum atomic E-state index is -2.89. The third-order valence-corrected chi connectivity index (χ3v) is 4.11. The lowest BCUT2D eigenvalue weighted by Gasteiger charge is -2.14. The Morgan fingerprint density at radius 2 is 2.24 bits per heavy atom. The minimum Gasteiger partial charge on any atom is -0.330 e. The maximum Gasteiger partial charge on any atom is 0.148 e. The number of nitrogens with zero attached hydrogens (tertiary/aromatic N) is 2. The maximum absolute atomic E-state index is 11.0. The fourth-order valence-corrected chi connectivity index (χ4v) is 2.79. The molecule has 0 bridgehead atoms. The highest BCUT2D eigenvalue weighted by Crippen LogP contribution is 2.11. The van der Waals surface area contributed by atoms with E-state index in [1.807, 2.05) is 17.3 Å². The molecule has 0 aliphatic heterocycles. The molecule has 7 heteroatoms. The van der Waals surface area contributed by atoms with Crippen LogP contribution < -0.4 is 5.73 Å². The van der Waals surface area contributed by atoms with Gasteiger partial charge in [-0.1, -0.05) is 0 Å². The van der Waals surface area contributed by atoms with Gasteiger partial charge in [0.15, 0.2) is 0 Å². The van der Waals surface area contributed by atoms with Crippen LogP contribution in [0.3, 0.4) is 0 Å². The lowest BCUT2D eigenvalue weighted by Crippen LogP contribution is -2.25. The number of hydrogen-bond donors (Lipinski definition) is 1. The molecule has 0 aromatic carbocycles. The summed E-state index contributed by atoms with van der Waals surface area (Å²) in [5.74, 6) is 0.184. The first kappa shape index (κ1) is 14.6. The van der Waals surface area contributed by atoms with E-state index in [4.69, 9.17) is 5.73 Å². The van der Waals surface area contributed by atoms with Crippen molar-refractivity contribution in [3.05, 3.63) is 16.1 Å². The average Bonchev–Trinajstić information content (AvgIpc) is 2.62. The average molecular weight is 277 g/mol. The summed E-state index contributed by atoms with van der Waals surface area (Å²) in [5.41, 5.74) is 6.44. The molecule has 0 atom stereocenters. The number of rotatable bonds is 7. The Kier molecular flexibility index (Phi) is 5.51. The minimum absolute atomic E-state index is 0.184. The van der Waals surface area contributed by atoms with Crippen LogP contribution in [0.5, 0.6) is 0 Å². The van der Waals surface area contributed by atoms with Gasteiger partial charge in [-0.15, -0.1) is 11.3 Å². The van der Waals surface area contributed by atoms with Crippen LogP contribution in [0.4, 0.5) is 0 Å². The zero-order chi connectivity index (χ0) is 12.9. The first-order chi connectivity index (χ1) is 7.90. The highest BCUT2D eigenvalue weighted by Gasteiger charge is 2.08. The lowest BCUT2D eigenvalue weighted by molar-refractivity contribution is 0.342. The van der Waals surface area contributed by atoms with Crippen molar-refractivity contribution in [2.24, 2.45) is 5.73 Å². The van der Waals surface area contributed by atoms with Gasteiger partial charge < -0.3 is 5.73 Å². The fourth-order valence-electron chi connectivity index (χ4n) is 1.34. The smallest absolute Gasteiger partial charge is 0.148 e. The fraction of sp³-hybridized carbons (Fsp3) is 0.700. The highest BCUT2D eigenvalue weighted by molar-refractivity contribution is 7.90. The summed E-state index contributed by atoms with van der Waals surface area (Å²) in [6, 6.07) is 0. The Labute approximate surface area is 107 Å². The standard InChI is InChI=1S/C10H19N3O2S2/c1-13(5-6-17(2,14)15)7-9-8-16-10(12-9)3-4-11/h8H,3-7,11H2,1-2H3. The molecule has 0 saturated carbocycles. The molecule has 2 N–H and O–H groups in total. The highest BCUT2D eigenvalue weighted by atomic mass is 32.2. The van der Waals surface area contributed by atoms with Crippen LogP contribution >= 0.6 is 11.3 Å². The molecule has 1 aromatic heterocycles. The molecular weight excluding hydrogens is 258 g/mol. The molecule has 17 heavy (non-hydrogen) atoms. The van der Waals surface area contributed by atoms with Gasteiger partial charge in [-0.05, 0) is 13.6 Å². The van der Waals surface area contributed by atoms with Crippen molar-refractivity contribution in [3.8, 4) is 0 Å². The molecule has 1 heterocycles. The van der Waals surface area contributed by atoms with E-state index in [0.717, 1.165) is 17.1 Å². The van der Waals surface area contributed by atoms with Gasteiger partial charge in [-0.2, -0.15) is 0 Å². The van der Waals surface area contributed by atoms with Gasteiger partial charge >= 0.3 is 0 Å². The van der Waals surface area contributed by atoms with E-state index in [1.165, 1.54) is 6.26 Å². The molecule has 0 fully saturated rings. The van der Waals surface area contributed by atoms with Crippen LogP contribution in [-0.4, -0.2) is 50.4 Å². The van der Waals surface area contributed by atoms with Crippen molar-refractivity contribution < 1.29 is 8.42 Å². The van der Waals surface area contributed by atoms with Gasteiger partial charge in [0.1, 0.15) is 9.84 Å². The van der Waals surface area contributed by atoms with E-state index in [2.05, 4.69) is 4.98 Å². The number of nitrogens with two attached hydrogens (primary N) is 1. The SMILES string of the molecule is CN(CCS(C)(=O)=O)Cc1csc(CCN)n1. The second-order valence-electron chi connectivity index (χ2n) is 4.14. The van der Waals surface area contributed by atoms with Crippen molar-refractivity contribution in [2.75, 3.05) is 32.1 Å².